The summed E-state index contributed by atoms with van der Waals surface area (Å²) in [6.07, 6.45) is 0. The maximum atomic E-state index is 12.6. The largest absolute Gasteiger partial charge is 0.442 e. The topological polar surface area (TPSA) is 93.1 Å². The minimum absolute atomic E-state index is 0.213. The summed E-state index contributed by atoms with van der Waals surface area (Å²) in [6, 6.07) is 16.2. The molecule has 2 N–H and O–H groups in total. The summed E-state index contributed by atoms with van der Waals surface area (Å²) in [5, 5.41) is 0. The lowest BCUT2D eigenvalue weighted by Crippen LogP contribution is -2.05. The molecule has 2 aromatic rings. The summed E-state index contributed by atoms with van der Waals surface area (Å²) in [5.74, 6) is -0.570. The molecule has 0 spiro atoms. The Morgan fingerprint density at radius 3 is 1.48 bits per heavy atom. The number of hydrogen-bond donors (Lipinski definition) is 2. The number of benzene rings is 2. The monoisotopic (exact) mass is 328 g/mol. The number of hydrogen-bond acceptors (Lipinski definition) is 4. The molecule has 0 aromatic heterocycles. The Bertz CT molecular complexity index is 622. The van der Waals surface area contributed by atoms with Crippen molar-refractivity contribution in [3.05, 3.63) is 60.7 Å². The van der Waals surface area contributed by atoms with Gasteiger partial charge < -0.3 is 18.8 Å². The molecule has 0 aliphatic heterocycles. The molecule has 0 saturated carbocycles. The zero-order valence-electron chi connectivity index (χ0n) is 10.9. The van der Waals surface area contributed by atoms with Crippen LogP contribution in [0.5, 0.6) is 11.5 Å². The van der Waals surface area contributed by atoms with Crippen LogP contribution in [-0.4, -0.2) is 15.7 Å². The Morgan fingerprint density at radius 1 is 0.762 bits per heavy atom. The first-order valence-corrected chi connectivity index (χ1v) is 9.52. The summed E-state index contributed by atoms with van der Waals surface area (Å²) in [5.41, 5.74) is 0. The molecule has 8 heteroatoms. The third-order valence-electron chi connectivity index (χ3n) is 2.33. The van der Waals surface area contributed by atoms with Crippen molar-refractivity contribution in [2.75, 3.05) is 5.90 Å². The summed E-state index contributed by atoms with van der Waals surface area (Å²) in [6.45, 7) is 0. The standard InChI is InChI=1S/C13H14O6P2/c14-20(15,16)11-21(17,18-12-7-3-1-4-8-12)19-13-9-5-2-6-10-13/h1-10H,11H2,(H2,14,15,16). The lowest BCUT2D eigenvalue weighted by atomic mass is 10.3. The molecule has 0 aliphatic rings. The lowest BCUT2D eigenvalue weighted by Gasteiger charge is -2.20. The third kappa shape index (κ3) is 5.37. The first kappa shape index (κ1) is 15.8. The molecule has 0 bridgehead atoms. The van der Waals surface area contributed by atoms with Gasteiger partial charge in [-0.15, -0.1) is 0 Å². The summed E-state index contributed by atoms with van der Waals surface area (Å²) in [4.78, 5) is 18.2. The van der Waals surface area contributed by atoms with Gasteiger partial charge in [0.15, 0.2) is 5.90 Å². The molecule has 2 rings (SSSR count). The second-order valence-corrected chi connectivity index (χ2v) is 8.27. The Morgan fingerprint density at radius 2 is 1.14 bits per heavy atom. The molecule has 2 aromatic carbocycles. The van der Waals surface area contributed by atoms with E-state index in [9.17, 15) is 9.13 Å². The highest BCUT2D eigenvalue weighted by Crippen LogP contribution is 2.58. The van der Waals surface area contributed by atoms with Gasteiger partial charge in [-0.25, -0.2) is 4.57 Å². The van der Waals surface area contributed by atoms with Crippen LogP contribution in [0.1, 0.15) is 0 Å². The maximum absolute atomic E-state index is 12.6. The fraction of sp³-hybridized carbons (Fsp3) is 0.0769. The van der Waals surface area contributed by atoms with Crippen molar-refractivity contribution in [2.24, 2.45) is 0 Å². The Labute approximate surface area is 122 Å². The SMILES string of the molecule is O=P(O)(O)CP(=O)(Oc1ccccc1)Oc1ccccc1. The van der Waals surface area contributed by atoms with Crippen LogP contribution in [0.25, 0.3) is 0 Å². The van der Waals surface area contributed by atoms with E-state index in [0.717, 1.165) is 0 Å². The highest BCUT2D eigenvalue weighted by atomic mass is 31.2. The van der Waals surface area contributed by atoms with Crippen molar-refractivity contribution >= 4 is 15.2 Å². The van der Waals surface area contributed by atoms with E-state index in [1.807, 2.05) is 0 Å². The van der Waals surface area contributed by atoms with E-state index in [2.05, 4.69) is 0 Å². The first-order chi connectivity index (χ1) is 9.86. The van der Waals surface area contributed by atoms with Crippen molar-refractivity contribution in [1.29, 1.82) is 0 Å². The third-order valence-corrected chi connectivity index (χ3v) is 6.17. The molecule has 0 heterocycles. The minimum Gasteiger partial charge on any atom is -0.416 e. The zero-order valence-corrected chi connectivity index (χ0v) is 12.7. The van der Waals surface area contributed by atoms with E-state index >= 15 is 0 Å². The van der Waals surface area contributed by atoms with Crippen LogP contribution in [0, 0.1) is 0 Å². The van der Waals surface area contributed by atoms with Crippen molar-refractivity contribution in [3.63, 3.8) is 0 Å². The van der Waals surface area contributed by atoms with Crippen LogP contribution < -0.4 is 9.05 Å². The van der Waals surface area contributed by atoms with E-state index < -0.39 is 21.1 Å². The molecule has 0 radical (unpaired) electrons. The molecular formula is C13H14O6P2. The summed E-state index contributed by atoms with van der Waals surface area (Å²) in [7, 11) is -8.62. The van der Waals surface area contributed by atoms with E-state index in [0.29, 0.717) is 0 Å². The van der Waals surface area contributed by atoms with Crippen molar-refractivity contribution in [1.82, 2.24) is 0 Å². The normalized spacial score (nSPS) is 11.9. The predicted molar refractivity (Wildman–Crippen MR) is 78.7 cm³/mol. The second kappa shape index (κ2) is 6.46. The maximum Gasteiger partial charge on any atom is 0.442 e. The van der Waals surface area contributed by atoms with Crippen LogP contribution in [0.2, 0.25) is 0 Å². The van der Waals surface area contributed by atoms with Gasteiger partial charge in [0.25, 0.3) is 0 Å². The highest BCUT2D eigenvalue weighted by molar-refractivity contribution is 7.70. The van der Waals surface area contributed by atoms with E-state index in [1.54, 1.807) is 36.4 Å². The van der Waals surface area contributed by atoms with Gasteiger partial charge in [0, 0.05) is 0 Å². The Kier molecular flexibility index (Phi) is 4.86. The molecule has 0 saturated heterocycles. The molecule has 0 unspecified atom stereocenters. The van der Waals surface area contributed by atoms with Gasteiger partial charge in [-0.05, 0) is 24.3 Å². The quantitative estimate of drug-likeness (QED) is 0.789. The van der Waals surface area contributed by atoms with Crippen LogP contribution >= 0.6 is 15.2 Å². The molecule has 0 atom stereocenters. The van der Waals surface area contributed by atoms with Gasteiger partial charge in [-0.1, -0.05) is 36.4 Å². The average molecular weight is 328 g/mol. The fourth-order valence-corrected chi connectivity index (χ4v) is 4.78. The molecule has 0 fully saturated rings. The number of para-hydroxylation sites is 2. The molecule has 112 valence electrons. The van der Waals surface area contributed by atoms with Crippen molar-refractivity contribution in [3.8, 4) is 11.5 Å². The summed E-state index contributed by atoms with van der Waals surface area (Å²) >= 11 is 0. The van der Waals surface area contributed by atoms with Gasteiger partial charge >= 0.3 is 15.2 Å². The van der Waals surface area contributed by atoms with Crippen LogP contribution in [0.4, 0.5) is 0 Å². The smallest absolute Gasteiger partial charge is 0.416 e. The Hall–Kier alpha value is -1.58. The van der Waals surface area contributed by atoms with E-state index in [4.69, 9.17) is 18.8 Å². The average Bonchev–Trinajstić information content (AvgIpc) is 2.38. The van der Waals surface area contributed by atoms with Gasteiger partial charge in [0.2, 0.25) is 0 Å². The number of rotatable bonds is 6. The lowest BCUT2D eigenvalue weighted by molar-refractivity contribution is 0.362. The second-order valence-electron chi connectivity index (χ2n) is 4.23. The highest BCUT2D eigenvalue weighted by Gasteiger charge is 2.37. The van der Waals surface area contributed by atoms with Crippen molar-refractivity contribution < 1.29 is 28.0 Å². The molecule has 21 heavy (non-hydrogen) atoms. The predicted octanol–water partition coefficient (Wildman–Crippen LogP) is 3.47. The van der Waals surface area contributed by atoms with Gasteiger partial charge in [-0.3, -0.25) is 4.57 Å². The van der Waals surface area contributed by atoms with Gasteiger partial charge in [-0.2, -0.15) is 0 Å². The molecule has 0 amide bonds. The van der Waals surface area contributed by atoms with E-state index in [-0.39, 0.29) is 11.5 Å². The zero-order chi connectivity index (χ0) is 15.3. The fourth-order valence-electron chi connectivity index (χ4n) is 1.59. The van der Waals surface area contributed by atoms with Crippen molar-refractivity contribution in [2.45, 2.75) is 0 Å². The van der Waals surface area contributed by atoms with Crippen LogP contribution in [-0.2, 0) is 9.13 Å². The molecular weight excluding hydrogens is 314 g/mol. The van der Waals surface area contributed by atoms with Crippen LogP contribution in [0.3, 0.4) is 0 Å². The first-order valence-electron chi connectivity index (χ1n) is 5.99. The van der Waals surface area contributed by atoms with E-state index in [1.165, 1.54) is 24.3 Å². The Balaban J connectivity index is 2.26. The minimum atomic E-state index is -4.57. The molecule has 0 aliphatic carbocycles. The van der Waals surface area contributed by atoms with Gasteiger partial charge in [0.1, 0.15) is 11.5 Å². The van der Waals surface area contributed by atoms with Crippen LogP contribution in [0.15, 0.2) is 60.7 Å². The molecule has 6 nitrogen and oxygen atoms in total. The summed E-state index contributed by atoms with van der Waals surface area (Å²) < 4.78 is 34.3. The van der Waals surface area contributed by atoms with Gasteiger partial charge in [0.05, 0.1) is 0 Å².